The molecule has 4 rings (SSSR count). The summed E-state index contributed by atoms with van der Waals surface area (Å²) in [4.78, 5) is 15.5. The molecule has 0 aromatic carbocycles. The van der Waals surface area contributed by atoms with E-state index in [0.29, 0.717) is 29.7 Å². The minimum absolute atomic E-state index is 0.0200. The minimum atomic E-state index is 0.0200. The zero-order chi connectivity index (χ0) is 16.7. The molecule has 0 radical (unpaired) electrons. The third-order valence-electron chi connectivity index (χ3n) is 5.08. The Kier molecular flexibility index (Phi) is 4.32. The molecule has 7 nitrogen and oxygen atoms in total. The number of nitrogens with zero attached hydrogens (tertiary/aromatic N) is 5. The van der Waals surface area contributed by atoms with Gasteiger partial charge in [-0.2, -0.15) is 9.97 Å². The molecule has 4 heterocycles. The summed E-state index contributed by atoms with van der Waals surface area (Å²) in [5.41, 5.74) is 1.38. The number of likely N-dealkylation sites (N-methyl/N-ethyl adjacent to an activating group) is 1. The van der Waals surface area contributed by atoms with Gasteiger partial charge in [0, 0.05) is 12.6 Å². The molecule has 0 amide bonds. The molecule has 0 saturated carbocycles. The summed E-state index contributed by atoms with van der Waals surface area (Å²) < 4.78 is 13.6. The van der Waals surface area contributed by atoms with Crippen LogP contribution in [-0.2, 0) is 4.74 Å². The fourth-order valence-electron chi connectivity index (χ4n) is 3.74. The number of aromatic nitrogens is 4. The number of hydrogen-bond donors (Lipinski definition) is 0. The second kappa shape index (κ2) is 6.46. The normalized spacial score (nSPS) is 26.3. The van der Waals surface area contributed by atoms with Crippen molar-refractivity contribution < 1.29 is 9.47 Å². The number of ether oxygens (including phenoxy) is 2. The van der Waals surface area contributed by atoms with Crippen molar-refractivity contribution in [1.29, 1.82) is 0 Å². The van der Waals surface area contributed by atoms with Crippen LogP contribution in [0.25, 0.3) is 11.2 Å². The Morgan fingerprint density at radius 1 is 1.38 bits per heavy atom. The van der Waals surface area contributed by atoms with Crippen LogP contribution in [0.2, 0.25) is 5.28 Å². The van der Waals surface area contributed by atoms with E-state index in [9.17, 15) is 0 Å². The van der Waals surface area contributed by atoms with Crippen molar-refractivity contribution in [2.24, 2.45) is 0 Å². The van der Waals surface area contributed by atoms with Crippen molar-refractivity contribution in [3.8, 4) is 5.88 Å². The summed E-state index contributed by atoms with van der Waals surface area (Å²) in [7, 11) is 2.13. The Hall–Kier alpha value is -1.44. The average molecular weight is 352 g/mol. The summed E-state index contributed by atoms with van der Waals surface area (Å²) in [5, 5.41) is 0.185. The van der Waals surface area contributed by atoms with Gasteiger partial charge in [0.2, 0.25) is 11.2 Å². The molecule has 0 unspecified atom stereocenters. The lowest BCUT2D eigenvalue weighted by Crippen LogP contribution is -2.38. The first-order valence-corrected chi connectivity index (χ1v) is 8.86. The van der Waals surface area contributed by atoms with Gasteiger partial charge in [-0.05, 0) is 51.4 Å². The zero-order valence-electron chi connectivity index (χ0n) is 14.0. The van der Waals surface area contributed by atoms with Crippen LogP contribution in [-0.4, -0.2) is 63.4 Å². The minimum Gasteiger partial charge on any atom is -0.471 e. The summed E-state index contributed by atoms with van der Waals surface area (Å²) in [6.07, 6.45) is 5.09. The van der Waals surface area contributed by atoms with Crippen LogP contribution in [0, 0.1) is 0 Å². The van der Waals surface area contributed by atoms with Crippen LogP contribution in [0.1, 0.15) is 32.2 Å². The molecular formula is C16H22ClN5O2. The molecule has 0 N–H and O–H groups in total. The summed E-state index contributed by atoms with van der Waals surface area (Å²) in [6, 6.07) is 0.631. The van der Waals surface area contributed by atoms with Gasteiger partial charge in [0.1, 0.15) is 6.10 Å². The number of halogens is 1. The van der Waals surface area contributed by atoms with Gasteiger partial charge in [-0.1, -0.05) is 0 Å². The molecule has 2 fully saturated rings. The second-order valence-electron chi connectivity index (χ2n) is 6.65. The van der Waals surface area contributed by atoms with Gasteiger partial charge >= 0.3 is 0 Å². The van der Waals surface area contributed by atoms with Gasteiger partial charge in [0.05, 0.1) is 19.0 Å². The maximum Gasteiger partial charge on any atom is 0.247 e. The highest BCUT2D eigenvalue weighted by atomic mass is 35.5. The van der Waals surface area contributed by atoms with E-state index in [1.54, 1.807) is 6.33 Å². The number of rotatable bonds is 4. The highest BCUT2D eigenvalue weighted by Crippen LogP contribution is 2.30. The van der Waals surface area contributed by atoms with Crippen LogP contribution in [0.4, 0.5) is 0 Å². The Morgan fingerprint density at radius 3 is 2.96 bits per heavy atom. The van der Waals surface area contributed by atoms with E-state index in [2.05, 4.69) is 33.8 Å². The van der Waals surface area contributed by atoms with Gasteiger partial charge in [-0.3, -0.25) is 4.90 Å². The zero-order valence-corrected chi connectivity index (χ0v) is 14.7. The SMILES string of the molecule is C[C@H](Oc1nc(Cl)nc2c1ncn2[C@@H]1CCOC1)[C@@H]1CCCN1C. The van der Waals surface area contributed by atoms with Crippen LogP contribution < -0.4 is 4.74 Å². The summed E-state index contributed by atoms with van der Waals surface area (Å²) in [6.45, 7) is 4.62. The molecule has 0 bridgehead atoms. The van der Waals surface area contributed by atoms with Crippen LogP contribution in [0.3, 0.4) is 0 Å². The maximum atomic E-state index is 6.15. The molecule has 8 heteroatoms. The van der Waals surface area contributed by atoms with Crippen molar-refractivity contribution in [1.82, 2.24) is 24.4 Å². The van der Waals surface area contributed by atoms with Crippen molar-refractivity contribution >= 4 is 22.8 Å². The predicted molar refractivity (Wildman–Crippen MR) is 90.5 cm³/mol. The molecule has 2 aliphatic rings. The number of likely N-dealkylation sites (tertiary alicyclic amines) is 1. The molecule has 2 aliphatic heterocycles. The average Bonchev–Trinajstić information content (AvgIpc) is 3.25. The first kappa shape index (κ1) is 16.1. The monoisotopic (exact) mass is 351 g/mol. The third kappa shape index (κ3) is 2.85. The Balaban J connectivity index is 1.65. The lowest BCUT2D eigenvalue weighted by Gasteiger charge is -2.26. The summed E-state index contributed by atoms with van der Waals surface area (Å²) in [5.74, 6) is 0.468. The molecule has 24 heavy (non-hydrogen) atoms. The van der Waals surface area contributed by atoms with Gasteiger partial charge in [0.25, 0.3) is 0 Å². The van der Waals surface area contributed by atoms with Crippen LogP contribution in [0.15, 0.2) is 6.33 Å². The van der Waals surface area contributed by atoms with Crippen molar-refractivity contribution in [3.05, 3.63) is 11.6 Å². The van der Waals surface area contributed by atoms with Crippen molar-refractivity contribution in [3.63, 3.8) is 0 Å². The number of imidazole rings is 1. The quantitative estimate of drug-likeness (QED) is 0.787. The van der Waals surface area contributed by atoms with Crippen molar-refractivity contribution in [2.45, 2.75) is 44.4 Å². The van der Waals surface area contributed by atoms with E-state index in [0.717, 1.165) is 26.0 Å². The van der Waals surface area contributed by atoms with E-state index >= 15 is 0 Å². The lowest BCUT2D eigenvalue weighted by molar-refractivity contribution is 0.118. The number of hydrogen-bond acceptors (Lipinski definition) is 6. The molecule has 0 aliphatic carbocycles. The second-order valence-corrected chi connectivity index (χ2v) is 6.99. The van der Waals surface area contributed by atoms with E-state index in [1.165, 1.54) is 6.42 Å². The van der Waals surface area contributed by atoms with Gasteiger partial charge < -0.3 is 14.0 Å². The predicted octanol–water partition coefficient (Wildman–Crippen LogP) is 2.30. The number of fused-ring (bicyclic) bond motifs is 1. The molecule has 3 atom stereocenters. The largest absolute Gasteiger partial charge is 0.471 e. The fraction of sp³-hybridized carbons (Fsp3) is 0.688. The molecule has 2 aromatic rings. The first-order valence-electron chi connectivity index (χ1n) is 8.48. The molecular weight excluding hydrogens is 330 g/mol. The fourth-order valence-corrected chi connectivity index (χ4v) is 3.90. The standard InChI is InChI=1S/C16H22ClN5O2/c1-10(12-4-3-6-21(12)2)24-15-13-14(19-16(17)20-15)22(9-18-13)11-5-7-23-8-11/h9-12H,3-8H2,1-2H3/t10-,11+,12-/m0/s1. The topological polar surface area (TPSA) is 65.3 Å². The molecule has 2 aromatic heterocycles. The van der Waals surface area contributed by atoms with Gasteiger partial charge in [-0.25, -0.2) is 4.98 Å². The van der Waals surface area contributed by atoms with Gasteiger partial charge in [-0.15, -0.1) is 0 Å². The maximum absolute atomic E-state index is 6.15. The molecule has 2 saturated heterocycles. The smallest absolute Gasteiger partial charge is 0.247 e. The molecule has 0 spiro atoms. The van der Waals surface area contributed by atoms with E-state index in [1.807, 2.05) is 4.57 Å². The van der Waals surface area contributed by atoms with Gasteiger partial charge in [0.15, 0.2) is 11.2 Å². The highest BCUT2D eigenvalue weighted by molar-refractivity contribution is 6.28. The summed E-state index contributed by atoms with van der Waals surface area (Å²) >= 11 is 6.15. The van der Waals surface area contributed by atoms with Crippen LogP contribution >= 0.6 is 11.6 Å². The van der Waals surface area contributed by atoms with E-state index < -0.39 is 0 Å². The van der Waals surface area contributed by atoms with E-state index in [4.69, 9.17) is 21.1 Å². The first-order chi connectivity index (χ1) is 11.6. The Morgan fingerprint density at radius 2 is 2.25 bits per heavy atom. The lowest BCUT2D eigenvalue weighted by atomic mass is 10.1. The highest BCUT2D eigenvalue weighted by Gasteiger charge is 2.29. The van der Waals surface area contributed by atoms with Crippen LogP contribution in [0.5, 0.6) is 5.88 Å². The third-order valence-corrected chi connectivity index (χ3v) is 5.25. The van der Waals surface area contributed by atoms with E-state index in [-0.39, 0.29) is 17.4 Å². The van der Waals surface area contributed by atoms with Crippen molar-refractivity contribution in [2.75, 3.05) is 26.8 Å². The Labute approximate surface area is 145 Å². The molecule has 130 valence electrons. The Bertz CT molecular complexity index is 731.